The minimum atomic E-state index is -4.63. The van der Waals surface area contributed by atoms with Crippen LogP contribution in [0.25, 0.3) is 5.69 Å². The Labute approximate surface area is 110 Å². The van der Waals surface area contributed by atoms with Gasteiger partial charge in [0.25, 0.3) is 0 Å². The van der Waals surface area contributed by atoms with Crippen molar-refractivity contribution in [2.24, 2.45) is 0 Å². The molecular formula is C10H6Cl2F3N3. The molecule has 0 saturated heterocycles. The number of halogens is 5. The number of rotatable bonds is 1. The molecule has 1 heterocycles. The van der Waals surface area contributed by atoms with Crippen LogP contribution in [0.5, 0.6) is 0 Å². The standard InChI is InChI=1S/C10H6Cl2F3N3/c11-5-2-1-3-7(8(5)12)18-9(10(13,14)15)6(16)4-17-18/h1-4H,16H2. The molecule has 0 amide bonds. The summed E-state index contributed by atoms with van der Waals surface area (Å²) in [7, 11) is 0. The molecule has 3 nitrogen and oxygen atoms in total. The van der Waals surface area contributed by atoms with E-state index in [1.807, 2.05) is 0 Å². The molecule has 0 bridgehead atoms. The first-order chi connectivity index (χ1) is 8.32. The van der Waals surface area contributed by atoms with Crippen molar-refractivity contribution in [2.75, 3.05) is 5.73 Å². The topological polar surface area (TPSA) is 43.8 Å². The summed E-state index contributed by atoms with van der Waals surface area (Å²) >= 11 is 11.6. The Kier molecular flexibility index (Phi) is 3.16. The third-order valence-corrected chi connectivity index (χ3v) is 3.03. The number of nitrogens with zero attached hydrogens (tertiary/aromatic N) is 2. The third kappa shape index (κ3) is 2.13. The van der Waals surface area contributed by atoms with E-state index in [0.717, 1.165) is 6.20 Å². The molecule has 0 aliphatic carbocycles. The highest BCUT2D eigenvalue weighted by atomic mass is 35.5. The molecule has 0 unspecified atom stereocenters. The SMILES string of the molecule is Nc1cnn(-c2cccc(Cl)c2Cl)c1C(F)(F)F. The van der Waals surface area contributed by atoms with Gasteiger partial charge in [-0.1, -0.05) is 29.3 Å². The number of alkyl halides is 3. The van der Waals surface area contributed by atoms with Gasteiger partial charge < -0.3 is 5.73 Å². The van der Waals surface area contributed by atoms with E-state index >= 15 is 0 Å². The summed E-state index contributed by atoms with van der Waals surface area (Å²) in [6.45, 7) is 0. The van der Waals surface area contributed by atoms with Crippen LogP contribution in [0.15, 0.2) is 24.4 Å². The van der Waals surface area contributed by atoms with Crippen LogP contribution >= 0.6 is 23.2 Å². The Balaban J connectivity index is 2.70. The predicted molar refractivity (Wildman–Crippen MR) is 63.0 cm³/mol. The van der Waals surface area contributed by atoms with Gasteiger partial charge in [-0.05, 0) is 12.1 Å². The molecule has 0 aliphatic rings. The quantitative estimate of drug-likeness (QED) is 0.870. The highest BCUT2D eigenvalue weighted by molar-refractivity contribution is 6.43. The molecular weight excluding hydrogens is 290 g/mol. The number of anilines is 1. The van der Waals surface area contributed by atoms with Crippen LogP contribution in [-0.2, 0) is 6.18 Å². The minimum Gasteiger partial charge on any atom is -0.396 e. The Hall–Kier alpha value is -1.40. The highest BCUT2D eigenvalue weighted by Crippen LogP contribution is 2.37. The van der Waals surface area contributed by atoms with Crippen molar-refractivity contribution in [3.05, 3.63) is 40.1 Å². The smallest absolute Gasteiger partial charge is 0.396 e. The van der Waals surface area contributed by atoms with Crippen molar-refractivity contribution in [1.29, 1.82) is 0 Å². The van der Waals surface area contributed by atoms with Crippen LogP contribution < -0.4 is 5.73 Å². The van der Waals surface area contributed by atoms with E-state index in [1.165, 1.54) is 18.2 Å². The Morgan fingerprint density at radius 3 is 2.50 bits per heavy atom. The monoisotopic (exact) mass is 295 g/mol. The molecule has 96 valence electrons. The van der Waals surface area contributed by atoms with Crippen molar-refractivity contribution in [3.8, 4) is 5.69 Å². The molecule has 8 heteroatoms. The zero-order valence-corrected chi connectivity index (χ0v) is 10.2. The summed E-state index contributed by atoms with van der Waals surface area (Å²) in [5, 5.41) is 3.70. The third-order valence-electron chi connectivity index (χ3n) is 2.23. The van der Waals surface area contributed by atoms with Gasteiger partial charge in [0.1, 0.15) is 0 Å². The maximum absolute atomic E-state index is 12.8. The lowest BCUT2D eigenvalue weighted by molar-refractivity contribution is -0.142. The first kappa shape index (κ1) is 13.0. The first-order valence-corrected chi connectivity index (χ1v) is 5.43. The Morgan fingerprint density at radius 1 is 1.22 bits per heavy atom. The van der Waals surface area contributed by atoms with Gasteiger partial charge in [0, 0.05) is 0 Å². The molecule has 0 fully saturated rings. The average molecular weight is 296 g/mol. The largest absolute Gasteiger partial charge is 0.435 e. The van der Waals surface area contributed by atoms with Crippen molar-refractivity contribution in [3.63, 3.8) is 0 Å². The number of benzene rings is 1. The van der Waals surface area contributed by atoms with E-state index in [2.05, 4.69) is 5.10 Å². The highest BCUT2D eigenvalue weighted by Gasteiger charge is 2.38. The molecule has 0 spiro atoms. The van der Waals surface area contributed by atoms with Gasteiger partial charge in [-0.3, -0.25) is 0 Å². The summed E-state index contributed by atoms with van der Waals surface area (Å²) in [6.07, 6.45) is -3.72. The van der Waals surface area contributed by atoms with Gasteiger partial charge in [0.2, 0.25) is 0 Å². The van der Waals surface area contributed by atoms with Gasteiger partial charge in [0.15, 0.2) is 5.69 Å². The van der Waals surface area contributed by atoms with Crippen LogP contribution in [0, 0.1) is 0 Å². The number of nitrogens with two attached hydrogens (primary N) is 1. The second-order valence-corrected chi connectivity index (χ2v) is 4.22. The molecule has 1 aromatic heterocycles. The van der Waals surface area contributed by atoms with Crippen molar-refractivity contribution in [1.82, 2.24) is 9.78 Å². The number of aromatic nitrogens is 2. The molecule has 18 heavy (non-hydrogen) atoms. The van der Waals surface area contributed by atoms with E-state index < -0.39 is 17.6 Å². The van der Waals surface area contributed by atoms with Gasteiger partial charge in [-0.15, -0.1) is 0 Å². The van der Waals surface area contributed by atoms with Gasteiger partial charge in [-0.2, -0.15) is 18.3 Å². The first-order valence-electron chi connectivity index (χ1n) is 4.67. The molecule has 2 N–H and O–H groups in total. The van der Waals surface area contributed by atoms with Crippen LogP contribution in [-0.4, -0.2) is 9.78 Å². The molecule has 1 aromatic carbocycles. The summed E-state index contributed by atoms with van der Waals surface area (Å²) < 4.78 is 39.2. The van der Waals surface area contributed by atoms with Gasteiger partial charge in [-0.25, -0.2) is 4.68 Å². The molecule has 0 saturated carbocycles. The molecule has 0 radical (unpaired) electrons. The van der Waals surface area contributed by atoms with Crippen LogP contribution in [0.1, 0.15) is 5.69 Å². The van der Waals surface area contributed by atoms with Crippen molar-refractivity contribution in [2.45, 2.75) is 6.18 Å². The number of hydrogen-bond donors (Lipinski definition) is 1. The summed E-state index contributed by atoms with van der Waals surface area (Å²) in [6, 6.07) is 4.31. The van der Waals surface area contributed by atoms with E-state index in [1.54, 1.807) is 0 Å². The Bertz CT molecular complexity index is 593. The lowest BCUT2D eigenvalue weighted by Crippen LogP contribution is -2.15. The molecule has 2 rings (SSSR count). The van der Waals surface area contributed by atoms with Crippen molar-refractivity contribution >= 4 is 28.9 Å². The average Bonchev–Trinajstić information content (AvgIpc) is 2.64. The maximum Gasteiger partial charge on any atom is 0.435 e. The normalized spacial score (nSPS) is 11.8. The minimum absolute atomic E-state index is 0.0206. The lowest BCUT2D eigenvalue weighted by Gasteiger charge is -2.12. The fraction of sp³-hybridized carbons (Fsp3) is 0.100. The van der Waals surface area contributed by atoms with E-state index in [9.17, 15) is 13.2 Å². The molecule has 2 aromatic rings. The fourth-order valence-electron chi connectivity index (χ4n) is 1.48. The van der Waals surface area contributed by atoms with E-state index in [0.29, 0.717) is 4.68 Å². The predicted octanol–water partition coefficient (Wildman–Crippen LogP) is 3.78. The van der Waals surface area contributed by atoms with Crippen LogP contribution in [0.2, 0.25) is 10.0 Å². The second-order valence-electron chi connectivity index (χ2n) is 3.43. The summed E-state index contributed by atoms with van der Waals surface area (Å²) in [5.41, 5.74) is 3.74. The Morgan fingerprint density at radius 2 is 1.89 bits per heavy atom. The van der Waals surface area contributed by atoms with Gasteiger partial charge in [0.05, 0.1) is 27.6 Å². The molecule has 0 aliphatic heterocycles. The van der Waals surface area contributed by atoms with Crippen molar-refractivity contribution < 1.29 is 13.2 Å². The summed E-state index contributed by atoms with van der Waals surface area (Å²) in [5.74, 6) is 0. The second kappa shape index (κ2) is 4.37. The van der Waals surface area contributed by atoms with Crippen LogP contribution in [0.3, 0.4) is 0 Å². The number of hydrogen-bond acceptors (Lipinski definition) is 2. The maximum atomic E-state index is 12.8. The van der Waals surface area contributed by atoms with Crippen LogP contribution in [0.4, 0.5) is 18.9 Å². The lowest BCUT2D eigenvalue weighted by atomic mass is 10.3. The number of nitrogen functional groups attached to an aromatic ring is 1. The van der Waals surface area contributed by atoms with E-state index in [4.69, 9.17) is 28.9 Å². The van der Waals surface area contributed by atoms with E-state index in [-0.39, 0.29) is 15.7 Å². The molecule has 0 atom stereocenters. The summed E-state index contributed by atoms with van der Waals surface area (Å²) in [4.78, 5) is 0. The fourth-order valence-corrected chi connectivity index (χ4v) is 1.86. The van der Waals surface area contributed by atoms with Gasteiger partial charge >= 0.3 is 6.18 Å². The zero-order valence-electron chi connectivity index (χ0n) is 8.67. The zero-order chi connectivity index (χ0) is 13.5.